The van der Waals surface area contributed by atoms with Crippen molar-refractivity contribution in [3.05, 3.63) is 53.4 Å². The van der Waals surface area contributed by atoms with E-state index in [1.807, 2.05) is 23.5 Å². The fourth-order valence-corrected chi connectivity index (χ4v) is 8.99. The van der Waals surface area contributed by atoms with Crippen molar-refractivity contribution in [2.24, 2.45) is 0 Å². The van der Waals surface area contributed by atoms with Gasteiger partial charge in [-0.25, -0.2) is 0 Å². The smallest absolute Gasteiger partial charge is 0.307 e. The molecule has 0 aliphatic carbocycles. The van der Waals surface area contributed by atoms with Crippen molar-refractivity contribution in [1.82, 2.24) is 4.90 Å². The van der Waals surface area contributed by atoms with Crippen LogP contribution in [0.3, 0.4) is 0 Å². The molecule has 0 unspecified atom stereocenters. The lowest BCUT2D eigenvalue weighted by Gasteiger charge is -2.38. The maximum Gasteiger partial charge on any atom is 0.307 e. The van der Waals surface area contributed by atoms with Crippen LogP contribution >= 0.6 is 11.3 Å². The number of anilines is 2. The number of thiophene rings is 1. The molecule has 1 aromatic heterocycles. The van der Waals surface area contributed by atoms with Gasteiger partial charge in [-0.15, -0.1) is 11.3 Å². The van der Waals surface area contributed by atoms with Gasteiger partial charge in [-0.05, 0) is 61.0 Å². The molecular formula is C46H69N3O4S. The number of carbonyl (C=O) groups excluding carboxylic acids is 2. The van der Waals surface area contributed by atoms with Gasteiger partial charge in [0.1, 0.15) is 5.75 Å². The van der Waals surface area contributed by atoms with E-state index in [1.54, 1.807) is 4.90 Å². The van der Waals surface area contributed by atoms with Crippen LogP contribution in [0.1, 0.15) is 148 Å². The lowest BCUT2D eigenvalue weighted by molar-refractivity contribution is -0.144. The number of amides is 1. The number of unbranched alkanes of at least 4 members (excludes halogenated alkanes) is 15. The highest BCUT2D eigenvalue weighted by molar-refractivity contribution is 7.17. The quantitative estimate of drug-likeness (QED) is 0.0633. The highest BCUT2D eigenvalue weighted by atomic mass is 32.1. The second kappa shape index (κ2) is 22.5. The maximum absolute atomic E-state index is 13.3. The summed E-state index contributed by atoms with van der Waals surface area (Å²) in [6.07, 6.45) is 22.3. The van der Waals surface area contributed by atoms with Crippen LogP contribution in [0.25, 0.3) is 10.1 Å². The van der Waals surface area contributed by atoms with Crippen LogP contribution in [0, 0.1) is 0 Å². The molecule has 1 fully saturated rings. The average molecular weight is 760 g/mol. The summed E-state index contributed by atoms with van der Waals surface area (Å²) in [6.45, 7) is 12.4. The molecule has 0 saturated carbocycles. The Morgan fingerprint density at radius 2 is 1.43 bits per heavy atom. The first-order chi connectivity index (χ1) is 26.4. The third kappa shape index (κ3) is 13.0. The predicted octanol–water partition coefficient (Wildman–Crippen LogP) is 11.7. The van der Waals surface area contributed by atoms with Crippen LogP contribution in [0.15, 0.2) is 47.8 Å². The Bertz CT molecular complexity index is 1560. The molecule has 3 aromatic rings. The zero-order valence-electron chi connectivity index (χ0n) is 33.9. The van der Waals surface area contributed by atoms with Crippen LogP contribution < -0.4 is 14.5 Å². The van der Waals surface area contributed by atoms with Gasteiger partial charge in [0.2, 0.25) is 5.91 Å². The first-order valence-corrected chi connectivity index (χ1v) is 22.4. The van der Waals surface area contributed by atoms with Gasteiger partial charge in [0.05, 0.1) is 12.3 Å². The standard InChI is InChI=1S/C46H69N3O4S/c1-4-5-6-7-8-9-10-11-12-13-14-15-16-17-18-24-45(51)53-37-49-42-35-38(25-26-40(42)46(2,3)36-44(49)50)52-33-20-19-28-47-29-31-48(32-30-47)41-22-21-23-43-39(41)27-34-54-43/h21-23,25-27,34-35H,4-20,24,28-33,36-37H2,1-3H3. The zero-order chi connectivity index (χ0) is 38.0. The molecule has 54 heavy (non-hydrogen) atoms. The summed E-state index contributed by atoms with van der Waals surface area (Å²) in [5.74, 6) is 0.513. The van der Waals surface area contributed by atoms with Crippen LogP contribution in [0.2, 0.25) is 0 Å². The second-order valence-electron chi connectivity index (χ2n) is 16.4. The molecular weight excluding hydrogens is 691 g/mol. The number of fused-ring (bicyclic) bond motifs is 2. The van der Waals surface area contributed by atoms with Crippen molar-refractivity contribution < 1.29 is 19.1 Å². The minimum absolute atomic E-state index is 0.0171. The summed E-state index contributed by atoms with van der Waals surface area (Å²) in [6, 6.07) is 15.0. The second-order valence-corrected chi connectivity index (χ2v) is 17.3. The summed E-state index contributed by atoms with van der Waals surface area (Å²) in [7, 11) is 0. The third-order valence-corrected chi connectivity index (χ3v) is 12.4. The van der Waals surface area contributed by atoms with E-state index in [9.17, 15) is 9.59 Å². The maximum atomic E-state index is 13.3. The lowest BCUT2D eigenvalue weighted by Crippen LogP contribution is -2.46. The summed E-state index contributed by atoms with van der Waals surface area (Å²) < 4.78 is 13.2. The summed E-state index contributed by atoms with van der Waals surface area (Å²) in [4.78, 5) is 32.7. The molecule has 0 spiro atoms. The molecule has 0 N–H and O–H groups in total. The number of piperazine rings is 1. The zero-order valence-corrected chi connectivity index (χ0v) is 34.7. The lowest BCUT2D eigenvalue weighted by atomic mass is 9.77. The van der Waals surface area contributed by atoms with Crippen LogP contribution in [-0.4, -0.2) is 62.8 Å². The molecule has 1 amide bonds. The van der Waals surface area contributed by atoms with E-state index in [0.29, 0.717) is 19.4 Å². The molecule has 8 heteroatoms. The molecule has 1 saturated heterocycles. The van der Waals surface area contributed by atoms with Gasteiger partial charge in [0.25, 0.3) is 0 Å². The first-order valence-electron chi connectivity index (χ1n) is 21.5. The van der Waals surface area contributed by atoms with E-state index in [-0.39, 0.29) is 24.0 Å². The summed E-state index contributed by atoms with van der Waals surface area (Å²) in [5, 5.41) is 3.56. The fraction of sp³-hybridized carbons (Fsp3) is 0.652. The van der Waals surface area contributed by atoms with Crippen molar-refractivity contribution >= 4 is 44.7 Å². The Morgan fingerprint density at radius 1 is 0.759 bits per heavy atom. The Kier molecular flexibility index (Phi) is 17.5. The normalized spacial score (nSPS) is 15.9. The molecule has 0 bridgehead atoms. The molecule has 0 atom stereocenters. The molecule has 2 aromatic carbocycles. The molecule has 5 rings (SSSR count). The molecule has 2 aliphatic rings. The summed E-state index contributed by atoms with van der Waals surface area (Å²) in [5.41, 5.74) is 2.95. The molecule has 298 valence electrons. The van der Waals surface area contributed by atoms with Gasteiger partial charge in [-0.1, -0.05) is 123 Å². The van der Waals surface area contributed by atoms with Gasteiger partial charge in [-0.2, -0.15) is 0 Å². The van der Waals surface area contributed by atoms with E-state index < -0.39 is 0 Å². The van der Waals surface area contributed by atoms with E-state index in [0.717, 1.165) is 75.4 Å². The largest absolute Gasteiger partial charge is 0.494 e. The van der Waals surface area contributed by atoms with Crippen LogP contribution in [0.5, 0.6) is 5.75 Å². The minimum atomic E-state index is -0.292. The van der Waals surface area contributed by atoms with Gasteiger partial charge in [0.15, 0.2) is 6.73 Å². The van der Waals surface area contributed by atoms with E-state index >= 15 is 0 Å². The van der Waals surface area contributed by atoms with Crippen molar-refractivity contribution in [1.29, 1.82) is 0 Å². The van der Waals surface area contributed by atoms with Crippen molar-refractivity contribution in [2.75, 3.05) is 55.9 Å². The van der Waals surface area contributed by atoms with Crippen LogP contribution in [-0.2, 0) is 19.7 Å². The number of hydrogen-bond acceptors (Lipinski definition) is 7. The van der Waals surface area contributed by atoms with E-state index in [1.165, 1.54) is 99.2 Å². The monoisotopic (exact) mass is 760 g/mol. The fourth-order valence-electron chi connectivity index (χ4n) is 8.18. The van der Waals surface area contributed by atoms with E-state index in [4.69, 9.17) is 9.47 Å². The molecule has 0 radical (unpaired) electrons. The SMILES string of the molecule is CCCCCCCCCCCCCCCCCC(=O)OCN1C(=O)CC(C)(C)c2ccc(OCCCCN3CCN(c4cccc5sccc45)CC3)cc21. The Labute approximate surface area is 330 Å². The average Bonchev–Trinajstić information content (AvgIpc) is 3.66. The first kappa shape index (κ1) is 42.1. The Hall–Kier alpha value is -3.10. The number of rotatable bonds is 25. The van der Waals surface area contributed by atoms with Crippen LogP contribution in [0.4, 0.5) is 11.4 Å². The Balaban J connectivity index is 0.947. The molecule has 7 nitrogen and oxygen atoms in total. The number of ether oxygens (including phenoxy) is 2. The number of esters is 1. The number of hydrogen-bond donors (Lipinski definition) is 0. The molecule has 3 heterocycles. The minimum Gasteiger partial charge on any atom is -0.494 e. The topological polar surface area (TPSA) is 62.3 Å². The van der Waals surface area contributed by atoms with Crippen molar-refractivity contribution in [3.63, 3.8) is 0 Å². The van der Waals surface area contributed by atoms with Crippen molar-refractivity contribution in [3.8, 4) is 5.75 Å². The predicted molar refractivity (Wildman–Crippen MR) is 227 cm³/mol. The Morgan fingerprint density at radius 3 is 2.11 bits per heavy atom. The number of nitrogens with zero attached hydrogens (tertiary/aromatic N) is 3. The highest BCUT2D eigenvalue weighted by Gasteiger charge is 2.37. The third-order valence-electron chi connectivity index (χ3n) is 11.5. The summed E-state index contributed by atoms with van der Waals surface area (Å²) >= 11 is 1.81. The van der Waals surface area contributed by atoms with E-state index in [2.05, 4.69) is 66.3 Å². The molecule has 2 aliphatic heterocycles. The van der Waals surface area contributed by atoms with Gasteiger partial charge in [0, 0.05) is 66.3 Å². The van der Waals surface area contributed by atoms with Crippen molar-refractivity contribution in [2.45, 2.75) is 148 Å². The van der Waals surface area contributed by atoms with Gasteiger partial charge < -0.3 is 14.4 Å². The highest BCUT2D eigenvalue weighted by Crippen LogP contribution is 2.42. The number of benzene rings is 2. The van der Waals surface area contributed by atoms with Gasteiger partial charge in [-0.3, -0.25) is 19.4 Å². The number of carbonyl (C=O) groups is 2. The van der Waals surface area contributed by atoms with Gasteiger partial charge >= 0.3 is 5.97 Å².